The summed E-state index contributed by atoms with van der Waals surface area (Å²) in [5.74, 6) is -0.00564. The molecular formula is C16H21NO4. The van der Waals surface area contributed by atoms with Crippen LogP contribution in [0, 0.1) is 0 Å². The molecule has 0 atom stereocenters. The fourth-order valence-electron chi connectivity index (χ4n) is 1.53. The van der Waals surface area contributed by atoms with Crippen molar-refractivity contribution in [1.29, 1.82) is 0 Å². The molecule has 1 N–H and O–H groups in total. The van der Waals surface area contributed by atoms with E-state index in [2.05, 4.69) is 5.32 Å². The van der Waals surface area contributed by atoms with Crippen LogP contribution in [0.2, 0.25) is 0 Å². The molecule has 0 aliphatic rings. The quantitative estimate of drug-likeness (QED) is 0.617. The standard InChI is InChI=1S/C16H21NO4/c1-4-20-16(19)11-17-15(18)10-7-13-5-8-14(9-6-13)21-12(2)3/h5-10,12H,4,11H2,1-3H3,(H,17,18)/b10-7+. The Balaban J connectivity index is 2.45. The van der Waals surface area contributed by atoms with Crippen LogP contribution in [0.1, 0.15) is 26.3 Å². The van der Waals surface area contributed by atoms with Gasteiger partial charge in [-0.1, -0.05) is 12.1 Å². The van der Waals surface area contributed by atoms with Gasteiger partial charge in [0.1, 0.15) is 12.3 Å². The molecule has 0 saturated carbocycles. The average Bonchev–Trinajstić information content (AvgIpc) is 2.44. The number of amides is 1. The van der Waals surface area contributed by atoms with Crippen molar-refractivity contribution < 1.29 is 19.1 Å². The van der Waals surface area contributed by atoms with Crippen molar-refractivity contribution in [1.82, 2.24) is 5.32 Å². The molecule has 21 heavy (non-hydrogen) atoms. The fraction of sp³-hybridized carbons (Fsp3) is 0.375. The van der Waals surface area contributed by atoms with Crippen LogP contribution in [0.5, 0.6) is 5.75 Å². The second kappa shape index (κ2) is 8.79. The van der Waals surface area contributed by atoms with E-state index in [0.717, 1.165) is 11.3 Å². The zero-order chi connectivity index (χ0) is 15.7. The fourth-order valence-corrected chi connectivity index (χ4v) is 1.53. The van der Waals surface area contributed by atoms with Crippen molar-refractivity contribution in [2.75, 3.05) is 13.2 Å². The van der Waals surface area contributed by atoms with E-state index < -0.39 is 5.97 Å². The second-order valence-electron chi connectivity index (χ2n) is 4.59. The maximum Gasteiger partial charge on any atom is 0.325 e. The second-order valence-corrected chi connectivity index (χ2v) is 4.59. The third-order valence-electron chi connectivity index (χ3n) is 2.39. The molecule has 0 aromatic heterocycles. The van der Waals surface area contributed by atoms with E-state index in [1.165, 1.54) is 6.08 Å². The number of ether oxygens (including phenoxy) is 2. The summed E-state index contributed by atoms with van der Waals surface area (Å²) < 4.78 is 10.2. The van der Waals surface area contributed by atoms with Gasteiger partial charge in [0.05, 0.1) is 12.7 Å². The van der Waals surface area contributed by atoms with Crippen LogP contribution in [0.3, 0.4) is 0 Å². The molecule has 1 amide bonds. The third kappa shape index (κ3) is 7.15. The van der Waals surface area contributed by atoms with E-state index in [-0.39, 0.29) is 18.6 Å². The summed E-state index contributed by atoms with van der Waals surface area (Å²) in [6, 6.07) is 7.39. The largest absolute Gasteiger partial charge is 0.491 e. The Bertz CT molecular complexity index is 492. The van der Waals surface area contributed by atoms with E-state index in [4.69, 9.17) is 9.47 Å². The van der Waals surface area contributed by atoms with Gasteiger partial charge < -0.3 is 14.8 Å². The number of carbonyl (C=O) groups is 2. The van der Waals surface area contributed by atoms with Gasteiger partial charge in [-0.05, 0) is 44.5 Å². The molecule has 0 radical (unpaired) electrons. The van der Waals surface area contributed by atoms with Crippen LogP contribution in [-0.2, 0) is 14.3 Å². The summed E-state index contributed by atoms with van der Waals surface area (Å²) in [5, 5.41) is 2.45. The summed E-state index contributed by atoms with van der Waals surface area (Å²) in [6.45, 7) is 5.81. The molecule has 0 bridgehead atoms. The van der Waals surface area contributed by atoms with Gasteiger partial charge in [-0.3, -0.25) is 9.59 Å². The predicted octanol–water partition coefficient (Wildman–Crippen LogP) is 2.17. The average molecular weight is 291 g/mol. The van der Waals surface area contributed by atoms with Gasteiger partial charge in [0, 0.05) is 6.08 Å². The van der Waals surface area contributed by atoms with Crippen LogP contribution >= 0.6 is 0 Å². The molecule has 1 aromatic rings. The molecule has 0 heterocycles. The molecule has 0 aliphatic heterocycles. The molecule has 0 spiro atoms. The minimum atomic E-state index is -0.450. The zero-order valence-electron chi connectivity index (χ0n) is 12.6. The number of hydrogen-bond donors (Lipinski definition) is 1. The molecule has 114 valence electrons. The van der Waals surface area contributed by atoms with Gasteiger partial charge in [-0.15, -0.1) is 0 Å². The first-order valence-corrected chi connectivity index (χ1v) is 6.89. The number of benzene rings is 1. The third-order valence-corrected chi connectivity index (χ3v) is 2.39. The number of nitrogens with one attached hydrogen (secondary N) is 1. The van der Waals surface area contributed by atoms with Crippen LogP contribution < -0.4 is 10.1 Å². The SMILES string of the molecule is CCOC(=O)CNC(=O)/C=C/c1ccc(OC(C)C)cc1. The molecular weight excluding hydrogens is 270 g/mol. The molecule has 1 rings (SSSR count). The van der Waals surface area contributed by atoms with E-state index in [1.807, 2.05) is 38.1 Å². The highest BCUT2D eigenvalue weighted by molar-refractivity contribution is 5.93. The molecule has 0 aliphatic carbocycles. The highest BCUT2D eigenvalue weighted by Gasteiger charge is 2.03. The summed E-state index contributed by atoms with van der Waals surface area (Å²) in [7, 11) is 0. The predicted molar refractivity (Wildman–Crippen MR) is 80.9 cm³/mol. The number of carbonyl (C=O) groups excluding carboxylic acids is 2. The lowest BCUT2D eigenvalue weighted by atomic mass is 10.2. The normalized spacial score (nSPS) is 10.7. The Morgan fingerprint density at radius 1 is 1.24 bits per heavy atom. The highest BCUT2D eigenvalue weighted by atomic mass is 16.5. The van der Waals surface area contributed by atoms with Gasteiger partial charge in [0.2, 0.25) is 5.91 Å². The van der Waals surface area contributed by atoms with E-state index >= 15 is 0 Å². The van der Waals surface area contributed by atoms with Gasteiger partial charge in [0.15, 0.2) is 0 Å². The van der Waals surface area contributed by atoms with Gasteiger partial charge in [0.25, 0.3) is 0 Å². The molecule has 5 heteroatoms. The topological polar surface area (TPSA) is 64.6 Å². The van der Waals surface area contributed by atoms with Crippen molar-refractivity contribution in [3.8, 4) is 5.75 Å². The van der Waals surface area contributed by atoms with Crippen molar-refractivity contribution in [2.45, 2.75) is 26.9 Å². The molecule has 0 saturated heterocycles. The van der Waals surface area contributed by atoms with Crippen LogP contribution in [0.25, 0.3) is 6.08 Å². The Morgan fingerprint density at radius 2 is 1.90 bits per heavy atom. The maximum absolute atomic E-state index is 11.5. The number of rotatable bonds is 7. The van der Waals surface area contributed by atoms with Crippen molar-refractivity contribution in [2.24, 2.45) is 0 Å². The molecule has 0 fully saturated rings. The summed E-state index contributed by atoms with van der Waals surface area (Å²) >= 11 is 0. The monoisotopic (exact) mass is 291 g/mol. The van der Waals surface area contributed by atoms with Crippen LogP contribution in [-0.4, -0.2) is 31.1 Å². The summed E-state index contributed by atoms with van der Waals surface area (Å²) in [4.78, 5) is 22.6. The first-order valence-electron chi connectivity index (χ1n) is 6.89. The maximum atomic E-state index is 11.5. The number of hydrogen-bond acceptors (Lipinski definition) is 4. The van der Waals surface area contributed by atoms with E-state index in [0.29, 0.717) is 6.61 Å². The number of esters is 1. The smallest absolute Gasteiger partial charge is 0.325 e. The Labute approximate surface area is 124 Å². The highest BCUT2D eigenvalue weighted by Crippen LogP contribution is 2.14. The lowest BCUT2D eigenvalue weighted by molar-refractivity contribution is -0.143. The molecule has 5 nitrogen and oxygen atoms in total. The zero-order valence-corrected chi connectivity index (χ0v) is 12.6. The minimum absolute atomic E-state index is 0.125. The van der Waals surface area contributed by atoms with Crippen LogP contribution in [0.15, 0.2) is 30.3 Å². The lowest BCUT2D eigenvalue weighted by Crippen LogP contribution is -2.29. The first-order chi connectivity index (χ1) is 10.0. The van der Waals surface area contributed by atoms with Crippen molar-refractivity contribution in [3.05, 3.63) is 35.9 Å². The lowest BCUT2D eigenvalue weighted by Gasteiger charge is -2.09. The van der Waals surface area contributed by atoms with Gasteiger partial charge in [-0.25, -0.2) is 0 Å². The Kier molecular flexibility index (Phi) is 7.01. The van der Waals surface area contributed by atoms with E-state index in [1.54, 1.807) is 13.0 Å². The Morgan fingerprint density at radius 3 is 2.48 bits per heavy atom. The van der Waals surface area contributed by atoms with Gasteiger partial charge >= 0.3 is 5.97 Å². The summed E-state index contributed by atoms with van der Waals surface area (Å²) in [5.41, 5.74) is 0.873. The Hall–Kier alpha value is -2.30. The molecule has 0 unspecified atom stereocenters. The molecule has 1 aromatic carbocycles. The summed E-state index contributed by atoms with van der Waals surface area (Å²) in [6.07, 6.45) is 3.16. The minimum Gasteiger partial charge on any atom is -0.491 e. The first kappa shape index (κ1) is 16.8. The van der Waals surface area contributed by atoms with Gasteiger partial charge in [-0.2, -0.15) is 0 Å². The van der Waals surface area contributed by atoms with Crippen molar-refractivity contribution in [3.63, 3.8) is 0 Å². The van der Waals surface area contributed by atoms with E-state index in [9.17, 15) is 9.59 Å². The van der Waals surface area contributed by atoms with Crippen molar-refractivity contribution >= 4 is 18.0 Å². The van der Waals surface area contributed by atoms with Crippen LogP contribution in [0.4, 0.5) is 0 Å².